The summed E-state index contributed by atoms with van der Waals surface area (Å²) in [5, 5.41) is 9.48. The zero-order valence-electron chi connectivity index (χ0n) is 18.3. The normalized spacial score (nSPS) is 11.3. The third kappa shape index (κ3) is 5.55. The number of nitrogens with one attached hydrogen (secondary N) is 2. The van der Waals surface area contributed by atoms with Gasteiger partial charge in [-0.3, -0.25) is 9.48 Å². The molecule has 0 atom stereocenters. The molecule has 0 aliphatic rings. The van der Waals surface area contributed by atoms with Crippen LogP contribution in [-0.2, 0) is 24.2 Å². The predicted molar refractivity (Wildman–Crippen MR) is 120 cm³/mol. The van der Waals surface area contributed by atoms with Crippen LogP contribution in [0.5, 0.6) is 0 Å². The van der Waals surface area contributed by atoms with Crippen molar-refractivity contribution in [2.75, 3.05) is 10.6 Å². The van der Waals surface area contributed by atoms with Crippen molar-refractivity contribution in [3.8, 4) is 11.1 Å². The lowest BCUT2D eigenvalue weighted by Crippen LogP contribution is -2.17. The quantitative estimate of drug-likeness (QED) is 0.417. The van der Waals surface area contributed by atoms with Crippen LogP contribution >= 0.6 is 0 Å². The van der Waals surface area contributed by atoms with Crippen LogP contribution < -0.4 is 10.6 Å². The minimum atomic E-state index is -3.07. The molecule has 3 aromatic heterocycles. The fraction of sp³-hybridized carbons (Fsp3) is 0.174. The number of amides is 1. The van der Waals surface area contributed by atoms with Crippen LogP contribution in [0.15, 0.2) is 61.3 Å². The highest BCUT2D eigenvalue weighted by molar-refractivity contribution is 5.91. The summed E-state index contributed by atoms with van der Waals surface area (Å²) in [7, 11) is 1.79. The van der Waals surface area contributed by atoms with Gasteiger partial charge in [0.15, 0.2) is 0 Å². The van der Waals surface area contributed by atoms with Crippen LogP contribution in [0.3, 0.4) is 0 Å². The van der Waals surface area contributed by atoms with Gasteiger partial charge in [0.05, 0.1) is 18.3 Å². The van der Waals surface area contributed by atoms with Crippen molar-refractivity contribution in [1.82, 2.24) is 24.7 Å². The monoisotopic (exact) mass is 467 g/mol. The van der Waals surface area contributed by atoms with Gasteiger partial charge in [-0.2, -0.15) is 5.10 Å². The first-order valence-electron chi connectivity index (χ1n) is 10.2. The summed E-state index contributed by atoms with van der Waals surface area (Å²) in [6.45, 7) is 0.751. The van der Waals surface area contributed by atoms with Gasteiger partial charge < -0.3 is 10.6 Å². The number of hydrogen-bond donors (Lipinski definition) is 2. The fourth-order valence-electron chi connectivity index (χ4n) is 3.16. The maximum Gasteiger partial charge on any atom is 0.270 e. The van der Waals surface area contributed by atoms with E-state index in [4.69, 9.17) is 0 Å². The Kier molecular flexibility index (Phi) is 6.26. The Balaban J connectivity index is 1.41. The molecule has 4 aromatic rings. The lowest BCUT2D eigenvalue weighted by molar-refractivity contribution is -0.115. The van der Waals surface area contributed by atoms with Crippen LogP contribution in [0, 0.1) is 5.82 Å². The number of alkyl halides is 2. The second-order valence-corrected chi connectivity index (χ2v) is 7.67. The molecule has 11 heteroatoms. The number of benzene rings is 1. The first-order chi connectivity index (χ1) is 16.2. The van der Waals surface area contributed by atoms with Gasteiger partial charge in [0.1, 0.15) is 11.6 Å². The molecule has 0 aliphatic carbocycles. The van der Waals surface area contributed by atoms with Crippen LogP contribution in [0.4, 0.5) is 30.6 Å². The van der Waals surface area contributed by atoms with Gasteiger partial charge in [0.25, 0.3) is 5.92 Å². The Hall–Kier alpha value is -4.28. The third-order valence-electron chi connectivity index (χ3n) is 4.88. The molecule has 0 spiro atoms. The van der Waals surface area contributed by atoms with E-state index in [1.165, 1.54) is 24.4 Å². The molecule has 4 rings (SSSR count). The average Bonchev–Trinajstić information content (AvgIpc) is 3.20. The molecule has 174 valence electrons. The number of halogens is 3. The van der Waals surface area contributed by atoms with E-state index >= 15 is 0 Å². The molecule has 8 nitrogen and oxygen atoms in total. The van der Waals surface area contributed by atoms with Crippen molar-refractivity contribution in [3.63, 3.8) is 0 Å². The smallest absolute Gasteiger partial charge is 0.270 e. The van der Waals surface area contributed by atoms with E-state index in [-0.39, 0.29) is 23.4 Å². The molecule has 0 saturated carbocycles. The third-order valence-corrected chi connectivity index (χ3v) is 4.88. The molecule has 0 aliphatic heterocycles. The second kappa shape index (κ2) is 9.30. The first kappa shape index (κ1) is 22.9. The number of nitrogens with zero attached hydrogens (tertiary/aromatic N) is 5. The summed E-state index contributed by atoms with van der Waals surface area (Å²) < 4.78 is 43.2. The number of carbonyl (C=O) groups excluding carboxylic acids is 1. The van der Waals surface area contributed by atoms with E-state index in [2.05, 4.69) is 30.7 Å². The number of anilines is 3. The number of hydrogen-bond acceptors (Lipinski definition) is 6. The van der Waals surface area contributed by atoms with Crippen molar-refractivity contribution in [3.05, 3.63) is 78.3 Å². The minimum Gasteiger partial charge on any atom is -0.321 e. The molecular formula is C23H20F3N7O. The number of pyridine rings is 1. The van der Waals surface area contributed by atoms with Crippen LogP contribution in [0.2, 0.25) is 0 Å². The van der Waals surface area contributed by atoms with Gasteiger partial charge in [-0.25, -0.2) is 28.1 Å². The van der Waals surface area contributed by atoms with Gasteiger partial charge >= 0.3 is 0 Å². The summed E-state index contributed by atoms with van der Waals surface area (Å²) >= 11 is 0. The number of aromatic nitrogens is 5. The summed E-state index contributed by atoms with van der Waals surface area (Å²) in [5.41, 5.74) is 1.72. The second-order valence-electron chi connectivity index (χ2n) is 7.67. The maximum atomic E-state index is 14.7. The van der Waals surface area contributed by atoms with Crippen LogP contribution in [-0.4, -0.2) is 30.6 Å². The van der Waals surface area contributed by atoms with E-state index in [1.807, 2.05) is 0 Å². The molecule has 1 amide bonds. The standard InChI is InChI=1S/C23H20F3N7O/c1-23(25,26)17-5-6-27-20(9-17)32-21(34)8-15-4-3-14(7-19(15)24)16-10-28-22(29-11-16)31-18-12-30-33(2)13-18/h3-7,9-13H,8H2,1-2H3,(H,27,32,34)(H,28,29,31). The lowest BCUT2D eigenvalue weighted by Gasteiger charge is -2.12. The molecule has 0 unspecified atom stereocenters. The van der Waals surface area contributed by atoms with E-state index < -0.39 is 17.6 Å². The van der Waals surface area contributed by atoms with Crippen molar-refractivity contribution in [2.24, 2.45) is 7.05 Å². The molecule has 0 bridgehead atoms. The highest BCUT2D eigenvalue weighted by atomic mass is 19.3. The molecule has 1 aromatic carbocycles. The zero-order chi connectivity index (χ0) is 24.3. The Morgan fingerprint density at radius 2 is 1.82 bits per heavy atom. The van der Waals surface area contributed by atoms with Crippen molar-refractivity contribution < 1.29 is 18.0 Å². The van der Waals surface area contributed by atoms with Crippen molar-refractivity contribution in [1.29, 1.82) is 0 Å². The topological polar surface area (TPSA) is 97.6 Å². The van der Waals surface area contributed by atoms with E-state index in [0.717, 1.165) is 18.7 Å². The number of carbonyl (C=O) groups is 1. The molecular weight excluding hydrogens is 447 g/mol. The van der Waals surface area contributed by atoms with Gasteiger partial charge in [-0.15, -0.1) is 0 Å². The Morgan fingerprint density at radius 1 is 1.06 bits per heavy atom. The van der Waals surface area contributed by atoms with Crippen LogP contribution in [0.1, 0.15) is 18.1 Å². The molecule has 0 fully saturated rings. The summed E-state index contributed by atoms with van der Waals surface area (Å²) in [5.74, 6) is -3.90. The number of aryl methyl sites for hydroxylation is 1. The van der Waals surface area contributed by atoms with E-state index in [1.54, 1.807) is 42.6 Å². The number of rotatable bonds is 7. The van der Waals surface area contributed by atoms with Crippen molar-refractivity contribution in [2.45, 2.75) is 19.3 Å². The van der Waals surface area contributed by atoms with Gasteiger partial charge in [-0.05, 0) is 29.3 Å². The Labute approximate surface area is 192 Å². The minimum absolute atomic E-state index is 0.0295. The first-order valence-corrected chi connectivity index (χ1v) is 10.2. The van der Waals surface area contributed by atoms with Gasteiger partial charge in [0, 0.05) is 49.9 Å². The fourth-order valence-corrected chi connectivity index (χ4v) is 3.16. The van der Waals surface area contributed by atoms with Gasteiger partial charge in [0.2, 0.25) is 11.9 Å². The average molecular weight is 467 g/mol. The SMILES string of the molecule is Cn1cc(Nc2ncc(-c3ccc(CC(=O)Nc4cc(C(C)(F)F)ccn4)c(F)c3)cn2)cn1. The van der Waals surface area contributed by atoms with Crippen LogP contribution in [0.25, 0.3) is 11.1 Å². The summed E-state index contributed by atoms with van der Waals surface area (Å²) in [4.78, 5) is 24.6. The van der Waals surface area contributed by atoms with Gasteiger partial charge in [-0.1, -0.05) is 12.1 Å². The van der Waals surface area contributed by atoms with E-state index in [0.29, 0.717) is 17.1 Å². The summed E-state index contributed by atoms with van der Waals surface area (Å²) in [6.07, 6.45) is 7.40. The molecule has 0 saturated heterocycles. The van der Waals surface area contributed by atoms with E-state index in [9.17, 15) is 18.0 Å². The molecule has 2 N–H and O–H groups in total. The Bertz CT molecular complexity index is 1320. The lowest BCUT2D eigenvalue weighted by atomic mass is 10.0. The highest BCUT2D eigenvalue weighted by Gasteiger charge is 2.24. The highest BCUT2D eigenvalue weighted by Crippen LogP contribution is 2.28. The predicted octanol–water partition coefficient (Wildman–Crippen LogP) is 4.45. The zero-order valence-corrected chi connectivity index (χ0v) is 18.3. The largest absolute Gasteiger partial charge is 0.321 e. The molecule has 0 radical (unpaired) electrons. The molecule has 3 heterocycles. The molecule has 34 heavy (non-hydrogen) atoms. The Morgan fingerprint density at radius 3 is 2.47 bits per heavy atom. The van der Waals surface area contributed by atoms with Crippen molar-refractivity contribution >= 4 is 23.4 Å². The summed E-state index contributed by atoms with van der Waals surface area (Å²) in [6, 6.07) is 6.67. The maximum absolute atomic E-state index is 14.7.